The Bertz CT molecular complexity index is 2190. The number of piperidine rings is 2. The molecule has 0 spiro atoms. The van der Waals surface area contributed by atoms with Crippen LogP contribution in [0.5, 0.6) is 0 Å². The molecule has 8 fully saturated rings. The first-order chi connectivity index (χ1) is 36.4. The highest BCUT2D eigenvalue weighted by atomic mass is 35.5. The van der Waals surface area contributed by atoms with Crippen LogP contribution in [0.15, 0.2) is 25.3 Å². The van der Waals surface area contributed by atoms with Crippen molar-refractivity contribution in [3.05, 3.63) is 25.3 Å². The molecule has 8 aliphatic rings. The average Bonchev–Trinajstić information content (AvgIpc) is 4.46. The van der Waals surface area contributed by atoms with E-state index in [0.717, 1.165) is 77.0 Å². The number of nitrogens with two attached hydrogens (primary N) is 2. The number of carboxylic acids is 1. The van der Waals surface area contributed by atoms with Crippen LogP contribution >= 0.6 is 24.8 Å². The first-order valence-corrected chi connectivity index (χ1v) is 30.2. The minimum atomic E-state index is -1.13. The van der Waals surface area contributed by atoms with Gasteiger partial charge >= 0.3 is 11.9 Å². The number of aliphatic carboxylic acids is 1. The van der Waals surface area contributed by atoms with E-state index in [1.54, 1.807) is 22.0 Å². The van der Waals surface area contributed by atoms with Crippen LogP contribution in [0.2, 0.25) is 0 Å². The normalized spacial score (nSPS) is 27.7. The molecule has 2 saturated heterocycles. The van der Waals surface area contributed by atoms with E-state index in [9.17, 15) is 48.9 Å². The van der Waals surface area contributed by atoms with Gasteiger partial charge in [-0.2, -0.15) is 0 Å². The average molecular weight is 1200 g/mol. The summed E-state index contributed by atoms with van der Waals surface area (Å²) in [5.41, 5.74) is 11.2. The fourth-order valence-corrected chi connectivity index (χ4v) is 14.6. The van der Waals surface area contributed by atoms with E-state index in [0.29, 0.717) is 56.5 Å². The highest BCUT2D eigenvalue weighted by Crippen LogP contribution is 2.66. The Labute approximate surface area is 506 Å². The molecule has 12 atom stereocenters. The number of carbonyl (C=O) groups is 7. The summed E-state index contributed by atoms with van der Waals surface area (Å²) in [4.78, 5) is 93.3. The fourth-order valence-electron chi connectivity index (χ4n) is 14.6. The standard InChI is InChI=1S/C29H46N2O4.C23H37NO5.C11H19NO2.2CH4.2ClH/c1-5-6-10-21(32)25(34)19(15-18-11-12-18)16-22(33)24-23-20(28(23,2)3)17-31(24)27(35)26(30)29(4)13-8-7-9-14-29;1-21(2,3)29-16(25)12-14(23(6)10-8-7-9-11-23)19(26)24-13-15-17(22(15,4)5)18(24)20(27)28;1-2-3-4-10(13)11(14)9(12)7-8-5-6-8;;;;/h5,18-20,23-26,34H,1,6-17,30H2,2-4H3;14-15,17-18H,7-13H2,1-6H3,(H,27,28);2,8-9,11,14H,1,3-7,12H2;2*1H4;2*1H/t19-,20+,23+,24-,25?,26-;14-,15+,17+,18+;9-,11?;;;;/m110..../s1. The van der Waals surface area contributed by atoms with E-state index in [4.69, 9.17) is 16.2 Å². The van der Waals surface area contributed by atoms with Gasteiger partial charge < -0.3 is 41.3 Å². The number of allylic oxidation sites excluding steroid dienone is 2. The molecule has 0 aromatic heterocycles. The summed E-state index contributed by atoms with van der Waals surface area (Å²) in [5.74, 6) is -1.01. The Kier molecular flexibility index (Phi) is 27.8. The lowest BCUT2D eigenvalue weighted by Crippen LogP contribution is -2.57. The van der Waals surface area contributed by atoms with Gasteiger partial charge in [-0.15, -0.1) is 38.0 Å². The van der Waals surface area contributed by atoms with E-state index < -0.39 is 47.8 Å². The molecule has 82 heavy (non-hydrogen) atoms. The fraction of sp³-hybridized carbons (Fsp3) is 0.831. The first kappa shape index (κ1) is 74.9. The maximum Gasteiger partial charge on any atom is 0.326 e. The molecule has 6 aliphatic carbocycles. The number of carboxylic acid groups (broad SMARTS) is 1. The lowest BCUT2D eigenvalue weighted by Gasteiger charge is -2.42. The van der Waals surface area contributed by atoms with Crippen molar-refractivity contribution in [2.75, 3.05) is 13.1 Å². The van der Waals surface area contributed by atoms with Gasteiger partial charge in [0.25, 0.3) is 0 Å². The number of ether oxygens (including phenoxy) is 1. The van der Waals surface area contributed by atoms with Gasteiger partial charge in [0, 0.05) is 44.3 Å². The monoisotopic (exact) mass is 1190 g/mol. The number of aliphatic hydroxyl groups is 2. The van der Waals surface area contributed by atoms with Crippen molar-refractivity contribution < 1.29 is 53.6 Å². The maximum absolute atomic E-state index is 13.8. The third kappa shape index (κ3) is 18.2. The SMILES string of the molecule is C.C.C=CCCC(=O)C(O)[C@@H](CC(=O)[C@@H]1[C@@H]2[C@H](CN1C(=O)[C@@H](N)C1(C)CCCCC1)C2(C)C)CC1CC1.C=CCCC(=O)C(O)[C@@H](N)CC1CC1.CC(C)(C)OC(=O)C[C@H](C(=O)N1C[C@H]2[C@@H]([C@H]1C(=O)O)C2(C)C)C1(C)CCCCC1.Cl.Cl. The van der Waals surface area contributed by atoms with E-state index >= 15 is 0 Å². The molecule has 2 heterocycles. The van der Waals surface area contributed by atoms with E-state index in [-0.39, 0.29) is 145 Å². The van der Waals surface area contributed by atoms with Gasteiger partial charge in [-0.25, -0.2) is 4.79 Å². The van der Waals surface area contributed by atoms with Gasteiger partial charge in [-0.1, -0.05) is 133 Å². The van der Waals surface area contributed by atoms with Gasteiger partial charge in [-0.3, -0.25) is 28.8 Å². The number of nitrogens with zero attached hydrogens (tertiary/aromatic N) is 2. The second-order valence-corrected chi connectivity index (χ2v) is 28.3. The van der Waals surface area contributed by atoms with Gasteiger partial charge in [0.15, 0.2) is 17.3 Å². The van der Waals surface area contributed by atoms with Crippen molar-refractivity contribution in [3.63, 3.8) is 0 Å². The molecule has 0 radical (unpaired) electrons. The van der Waals surface area contributed by atoms with Crippen molar-refractivity contribution in [1.82, 2.24) is 9.80 Å². The van der Waals surface area contributed by atoms with Gasteiger partial charge in [0.05, 0.1) is 24.4 Å². The number of carbonyl (C=O) groups excluding carboxylic acids is 6. The molecule has 7 N–H and O–H groups in total. The third-order valence-corrected chi connectivity index (χ3v) is 20.3. The molecule has 0 aromatic rings. The van der Waals surface area contributed by atoms with Crippen LogP contribution in [-0.4, -0.2) is 121 Å². The number of aliphatic hydroxyl groups excluding tert-OH is 2. The Morgan fingerprint density at radius 2 is 1.06 bits per heavy atom. The third-order valence-electron chi connectivity index (χ3n) is 20.3. The number of esters is 1. The molecule has 0 bridgehead atoms. The summed E-state index contributed by atoms with van der Waals surface area (Å²) in [6.45, 7) is 26.5. The van der Waals surface area contributed by atoms with E-state index in [2.05, 4.69) is 54.7 Å². The molecule has 2 aliphatic heterocycles. The molecule has 15 nitrogen and oxygen atoms in total. The van der Waals surface area contributed by atoms with Crippen molar-refractivity contribution in [2.45, 2.75) is 260 Å². The zero-order chi connectivity index (χ0) is 57.9. The zero-order valence-electron chi connectivity index (χ0n) is 50.1. The minimum Gasteiger partial charge on any atom is -0.480 e. The van der Waals surface area contributed by atoms with E-state index in [1.807, 2.05) is 20.8 Å². The van der Waals surface area contributed by atoms with Crippen LogP contribution < -0.4 is 11.5 Å². The van der Waals surface area contributed by atoms with Crippen LogP contribution in [0.25, 0.3) is 0 Å². The van der Waals surface area contributed by atoms with Crippen molar-refractivity contribution >= 4 is 65.9 Å². The number of amides is 2. The summed E-state index contributed by atoms with van der Waals surface area (Å²) < 4.78 is 5.53. The maximum atomic E-state index is 13.8. The van der Waals surface area contributed by atoms with Gasteiger partial charge in [0.2, 0.25) is 11.8 Å². The smallest absolute Gasteiger partial charge is 0.326 e. The number of likely N-dealkylation sites (tertiary alicyclic amines) is 2. The Morgan fingerprint density at radius 1 is 0.634 bits per heavy atom. The predicted octanol–water partition coefficient (Wildman–Crippen LogP) is 11.0. The summed E-state index contributed by atoms with van der Waals surface area (Å²) in [6, 6.07) is -2.24. The second kappa shape index (κ2) is 30.4. The van der Waals surface area contributed by atoms with Crippen LogP contribution in [-0.2, 0) is 38.3 Å². The van der Waals surface area contributed by atoms with Gasteiger partial charge in [-0.05, 0) is 129 Å². The van der Waals surface area contributed by atoms with Crippen LogP contribution in [0, 0.1) is 69.0 Å². The minimum absolute atomic E-state index is 0. The number of rotatable bonds is 24. The molecule has 8 rings (SSSR count). The topological polar surface area (TPSA) is 248 Å². The largest absolute Gasteiger partial charge is 0.480 e. The number of halogens is 2. The molecule has 472 valence electrons. The summed E-state index contributed by atoms with van der Waals surface area (Å²) in [6.07, 6.45) is 19.5. The Balaban J connectivity index is 0.000000442. The van der Waals surface area contributed by atoms with Crippen molar-refractivity contribution in [1.29, 1.82) is 0 Å². The van der Waals surface area contributed by atoms with E-state index in [1.165, 1.54) is 19.3 Å². The number of hydrogen-bond acceptors (Lipinski definition) is 12. The highest BCUT2D eigenvalue weighted by molar-refractivity contribution is 5.94. The molecule has 6 saturated carbocycles. The van der Waals surface area contributed by atoms with Crippen LogP contribution in [0.1, 0.15) is 218 Å². The summed E-state index contributed by atoms with van der Waals surface area (Å²) in [7, 11) is 0. The molecule has 2 amide bonds. The molecule has 2 unspecified atom stereocenters. The predicted molar refractivity (Wildman–Crippen MR) is 329 cm³/mol. The molecule has 17 heteroatoms. The number of fused-ring (bicyclic) bond motifs is 2. The number of ketones is 3. The van der Waals surface area contributed by atoms with Crippen LogP contribution in [0.3, 0.4) is 0 Å². The van der Waals surface area contributed by atoms with Crippen LogP contribution in [0.4, 0.5) is 0 Å². The molecule has 0 aromatic carbocycles. The number of Topliss-reactive ketones (excluding diaryl/α,β-unsaturated/α-hetero) is 3. The Morgan fingerprint density at radius 3 is 1.50 bits per heavy atom. The van der Waals surface area contributed by atoms with Crippen molar-refractivity contribution in [2.24, 2.45) is 80.5 Å². The molecular formula is C65H112Cl2N4O11. The Hall–Kier alpha value is -3.21. The summed E-state index contributed by atoms with van der Waals surface area (Å²) in [5, 5.41) is 30.3. The lowest BCUT2D eigenvalue weighted by atomic mass is 9.65. The number of hydrogen-bond donors (Lipinski definition) is 5. The lowest BCUT2D eigenvalue weighted by molar-refractivity contribution is -0.163. The van der Waals surface area contributed by atoms with Crippen molar-refractivity contribution in [3.8, 4) is 0 Å². The second-order valence-electron chi connectivity index (χ2n) is 28.3. The van der Waals surface area contributed by atoms with Gasteiger partial charge in [0.1, 0.15) is 23.9 Å². The first-order valence-electron chi connectivity index (χ1n) is 30.2. The molecular weight excluding hydrogens is 1080 g/mol. The zero-order valence-corrected chi connectivity index (χ0v) is 51.7. The highest BCUT2D eigenvalue weighted by Gasteiger charge is 2.71. The quantitative estimate of drug-likeness (QED) is 0.0446. The summed E-state index contributed by atoms with van der Waals surface area (Å²) >= 11 is 0.